The van der Waals surface area contributed by atoms with Gasteiger partial charge in [0.05, 0.1) is 0 Å². The summed E-state index contributed by atoms with van der Waals surface area (Å²) in [6, 6.07) is 13.1. The molecule has 0 radical (unpaired) electrons. The molecule has 0 aliphatic carbocycles. The lowest BCUT2D eigenvalue weighted by Crippen LogP contribution is -1.92. The van der Waals surface area contributed by atoms with E-state index in [0.29, 0.717) is 0 Å². The van der Waals surface area contributed by atoms with Crippen LogP contribution in [-0.4, -0.2) is 0 Å². The van der Waals surface area contributed by atoms with Gasteiger partial charge in [-0.1, -0.05) is 61.9 Å². The van der Waals surface area contributed by atoms with Gasteiger partial charge in [-0.3, -0.25) is 0 Å². The van der Waals surface area contributed by atoms with E-state index in [1.54, 1.807) is 0 Å². The quantitative estimate of drug-likeness (QED) is 0.577. The Hall–Kier alpha value is -1.82. The lowest BCUT2D eigenvalue weighted by molar-refractivity contribution is 0.791. The third kappa shape index (κ3) is 3.85. The van der Waals surface area contributed by atoms with Gasteiger partial charge in [-0.05, 0) is 67.0 Å². The number of benzene rings is 2. The van der Waals surface area contributed by atoms with Gasteiger partial charge in [0.15, 0.2) is 0 Å². The summed E-state index contributed by atoms with van der Waals surface area (Å²) in [5.74, 6) is 0. The Morgan fingerprint density at radius 2 is 1.52 bits per heavy atom. The van der Waals surface area contributed by atoms with Gasteiger partial charge in [-0.25, -0.2) is 0 Å². The van der Waals surface area contributed by atoms with E-state index in [4.69, 9.17) is 0 Å². The lowest BCUT2D eigenvalue weighted by atomic mass is 9.96. The van der Waals surface area contributed by atoms with Crippen molar-refractivity contribution in [2.75, 3.05) is 0 Å². The molecule has 0 aliphatic rings. The highest BCUT2D eigenvalue weighted by molar-refractivity contribution is 5.74. The van der Waals surface area contributed by atoms with Crippen LogP contribution >= 0.6 is 0 Å². The van der Waals surface area contributed by atoms with Crippen LogP contribution in [0.2, 0.25) is 0 Å². The molecule has 0 aliphatic heterocycles. The first kappa shape index (κ1) is 15.6. The van der Waals surface area contributed by atoms with Crippen molar-refractivity contribution in [1.82, 2.24) is 0 Å². The number of aryl methyl sites for hydroxylation is 3. The van der Waals surface area contributed by atoms with Gasteiger partial charge in [-0.2, -0.15) is 0 Å². The minimum Gasteiger partial charge on any atom is -0.0654 e. The van der Waals surface area contributed by atoms with Crippen LogP contribution in [0.25, 0.3) is 12.2 Å². The number of hydrogen-bond donors (Lipinski definition) is 0. The normalized spacial score (nSPS) is 11.2. The Kier molecular flexibility index (Phi) is 5.38. The van der Waals surface area contributed by atoms with Crippen molar-refractivity contribution in [3.63, 3.8) is 0 Å². The molecule has 0 N–H and O–H groups in total. The van der Waals surface area contributed by atoms with E-state index >= 15 is 0 Å². The third-order valence-electron chi connectivity index (χ3n) is 4.26. The number of hydrogen-bond acceptors (Lipinski definition) is 0. The van der Waals surface area contributed by atoms with Crippen molar-refractivity contribution in [3.05, 3.63) is 69.8 Å². The first-order valence-electron chi connectivity index (χ1n) is 7.96. The molecular formula is C21H26. The Morgan fingerprint density at radius 3 is 2.19 bits per heavy atom. The zero-order chi connectivity index (χ0) is 15.2. The van der Waals surface area contributed by atoms with E-state index in [-0.39, 0.29) is 0 Å². The van der Waals surface area contributed by atoms with Crippen LogP contribution in [0.4, 0.5) is 0 Å². The first-order chi connectivity index (χ1) is 10.1. The Balaban J connectivity index is 2.29. The van der Waals surface area contributed by atoms with Crippen LogP contribution in [0.3, 0.4) is 0 Å². The highest BCUT2D eigenvalue weighted by Gasteiger charge is 2.02. The molecule has 0 unspecified atom stereocenters. The summed E-state index contributed by atoms with van der Waals surface area (Å²) < 4.78 is 0. The third-order valence-corrected chi connectivity index (χ3v) is 4.26. The van der Waals surface area contributed by atoms with Crippen molar-refractivity contribution in [2.45, 2.75) is 47.0 Å². The maximum Gasteiger partial charge on any atom is -0.0198 e. The van der Waals surface area contributed by atoms with Gasteiger partial charge < -0.3 is 0 Å². The molecule has 0 fully saturated rings. The van der Waals surface area contributed by atoms with E-state index in [9.17, 15) is 0 Å². The standard InChI is InChI=1S/C21H26/c1-5-6-11-19-12-8-13-20(18(19)4)14-15-21-16(2)9-7-10-17(21)3/h7-10,12-15H,5-6,11H2,1-4H3/b15-14+. The molecular weight excluding hydrogens is 252 g/mol. The summed E-state index contributed by atoms with van der Waals surface area (Å²) in [4.78, 5) is 0. The van der Waals surface area contributed by atoms with Gasteiger partial charge in [0.1, 0.15) is 0 Å². The van der Waals surface area contributed by atoms with E-state index < -0.39 is 0 Å². The summed E-state index contributed by atoms with van der Waals surface area (Å²) in [7, 11) is 0. The molecule has 0 spiro atoms. The summed E-state index contributed by atoms with van der Waals surface area (Å²) in [6.45, 7) is 8.85. The number of rotatable bonds is 5. The van der Waals surface area contributed by atoms with Crippen LogP contribution in [-0.2, 0) is 6.42 Å². The molecule has 2 aromatic rings. The van der Waals surface area contributed by atoms with E-state index in [0.717, 1.165) is 0 Å². The van der Waals surface area contributed by atoms with Crippen molar-refractivity contribution in [2.24, 2.45) is 0 Å². The lowest BCUT2D eigenvalue weighted by Gasteiger charge is -2.09. The monoisotopic (exact) mass is 278 g/mol. The summed E-state index contributed by atoms with van der Waals surface area (Å²) >= 11 is 0. The van der Waals surface area contributed by atoms with Gasteiger partial charge in [0.25, 0.3) is 0 Å². The number of unbranched alkanes of at least 4 members (excludes halogenated alkanes) is 1. The molecule has 2 rings (SSSR count). The molecule has 0 atom stereocenters. The molecule has 0 aromatic heterocycles. The van der Waals surface area contributed by atoms with Gasteiger partial charge in [0.2, 0.25) is 0 Å². The zero-order valence-corrected chi connectivity index (χ0v) is 13.7. The summed E-state index contributed by atoms with van der Waals surface area (Å²) in [5.41, 5.74) is 8.27. The fourth-order valence-electron chi connectivity index (χ4n) is 2.79. The average Bonchev–Trinajstić information content (AvgIpc) is 2.47. The van der Waals surface area contributed by atoms with Crippen LogP contribution in [0.15, 0.2) is 36.4 Å². The van der Waals surface area contributed by atoms with Crippen molar-refractivity contribution >= 4 is 12.2 Å². The highest BCUT2D eigenvalue weighted by Crippen LogP contribution is 2.21. The topological polar surface area (TPSA) is 0 Å². The SMILES string of the molecule is CCCCc1cccc(/C=C/c2c(C)cccc2C)c1C. The Morgan fingerprint density at radius 1 is 0.857 bits per heavy atom. The van der Waals surface area contributed by atoms with Crippen molar-refractivity contribution < 1.29 is 0 Å². The van der Waals surface area contributed by atoms with Crippen LogP contribution in [0.5, 0.6) is 0 Å². The first-order valence-corrected chi connectivity index (χ1v) is 7.96. The van der Waals surface area contributed by atoms with E-state index in [2.05, 4.69) is 76.2 Å². The van der Waals surface area contributed by atoms with Gasteiger partial charge in [0, 0.05) is 0 Å². The smallest absolute Gasteiger partial charge is 0.0198 e. The van der Waals surface area contributed by atoms with Crippen LogP contribution < -0.4 is 0 Å². The highest BCUT2D eigenvalue weighted by atomic mass is 14.1. The maximum atomic E-state index is 2.27. The molecule has 0 heterocycles. The molecule has 0 saturated carbocycles. The molecule has 0 saturated heterocycles. The second-order valence-electron chi connectivity index (χ2n) is 5.87. The van der Waals surface area contributed by atoms with Gasteiger partial charge >= 0.3 is 0 Å². The molecule has 2 aromatic carbocycles. The van der Waals surface area contributed by atoms with E-state index in [1.165, 1.54) is 52.6 Å². The Labute approximate surface area is 129 Å². The second-order valence-corrected chi connectivity index (χ2v) is 5.87. The zero-order valence-electron chi connectivity index (χ0n) is 13.7. The minimum absolute atomic E-state index is 1.19. The largest absolute Gasteiger partial charge is 0.0654 e. The van der Waals surface area contributed by atoms with Crippen molar-refractivity contribution in [3.8, 4) is 0 Å². The Bertz CT molecular complexity index is 612. The minimum atomic E-state index is 1.19. The summed E-state index contributed by atoms with van der Waals surface area (Å²) in [6.07, 6.45) is 8.23. The predicted molar refractivity (Wildman–Crippen MR) is 94.6 cm³/mol. The maximum absolute atomic E-state index is 2.27. The van der Waals surface area contributed by atoms with E-state index in [1.807, 2.05) is 0 Å². The summed E-state index contributed by atoms with van der Waals surface area (Å²) in [5, 5.41) is 0. The molecule has 0 nitrogen and oxygen atoms in total. The molecule has 0 amide bonds. The molecule has 110 valence electrons. The fourth-order valence-corrected chi connectivity index (χ4v) is 2.79. The molecule has 21 heavy (non-hydrogen) atoms. The van der Waals surface area contributed by atoms with Crippen molar-refractivity contribution in [1.29, 1.82) is 0 Å². The average molecular weight is 278 g/mol. The molecule has 0 heteroatoms. The molecule has 0 bridgehead atoms. The van der Waals surface area contributed by atoms with Gasteiger partial charge in [-0.15, -0.1) is 0 Å². The predicted octanol–water partition coefficient (Wildman–Crippen LogP) is 6.12. The fraction of sp³-hybridized carbons (Fsp3) is 0.333. The van der Waals surface area contributed by atoms with Crippen LogP contribution in [0.1, 0.15) is 53.1 Å². The van der Waals surface area contributed by atoms with Crippen LogP contribution in [0, 0.1) is 20.8 Å². The second kappa shape index (κ2) is 7.26.